The predicted octanol–water partition coefficient (Wildman–Crippen LogP) is 5.22. The van der Waals surface area contributed by atoms with E-state index in [1.54, 1.807) is 29.8 Å². The first kappa shape index (κ1) is 22.9. The Bertz CT molecular complexity index is 1140. The lowest BCUT2D eigenvalue weighted by Crippen LogP contribution is -2.27. The lowest BCUT2D eigenvalue weighted by atomic mass is 9.85. The summed E-state index contributed by atoms with van der Waals surface area (Å²) >= 11 is 1.71. The number of carbonyl (C=O) groups is 1. The van der Waals surface area contributed by atoms with Crippen molar-refractivity contribution in [3.05, 3.63) is 58.6 Å². The van der Waals surface area contributed by atoms with Crippen LogP contribution in [0.3, 0.4) is 0 Å². The highest BCUT2D eigenvalue weighted by molar-refractivity contribution is 7.15. The molecule has 1 saturated heterocycles. The molecule has 1 amide bonds. The Morgan fingerprint density at radius 2 is 2.03 bits per heavy atom. The summed E-state index contributed by atoms with van der Waals surface area (Å²) in [5.74, 6) is 1.10. The number of ether oxygens (including phenoxy) is 2. The lowest BCUT2D eigenvalue weighted by molar-refractivity contribution is 0.0679. The quantitative estimate of drug-likeness (QED) is 0.477. The number of rotatable bonds is 8. The molecular formula is C26H30N4O3S. The van der Waals surface area contributed by atoms with Gasteiger partial charge >= 0.3 is 0 Å². The molecule has 1 aliphatic heterocycles. The molecule has 1 aromatic carbocycles. The molecular weight excluding hydrogens is 448 g/mol. The summed E-state index contributed by atoms with van der Waals surface area (Å²) in [6, 6.07) is 5.39. The summed E-state index contributed by atoms with van der Waals surface area (Å²) in [6.45, 7) is 5.05. The number of aromatic nitrogens is 3. The van der Waals surface area contributed by atoms with Crippen molar-refractivity contribution in [1.82, 2.24) is 20.3 Å². The number of nitrogens with zero attached hydrogens (tertiary/aromatic N) is 3. The van der Waals surface area contributed by atoms with Gasteiger partial charge in [0.2, 0.25) is 0 Å². The van der Waals surface area contributed by atoms with Crippen LogP contribution in [0.5, 0.6) is 5.75 Å². The molecule has 3 aromatic rings. The van der Waals surface area contributed by atoms with Crippen LogP contribution in [-0.4, -0.2) is 40.2 Å². The van der Waals surface area contributed by atoms with Gasteiger partial charge in [-0.3, -0.25) is 14.8 Å². The molecule has 3 heterocycles. The van der Waals surface area contributed by atoms with E-state index in [4.69, 9.17) is 9.47 Å². The van der Waals surface area contributed by atoms with Gasteiger partial charge in [-0.25, -0.2) is 4.98 Å². The normalized spacial score (nSPS) is 18.9. The van der Waals surface area contributed by atoms with Crippen LogP contribution in [-0.2, 0) is 4.74 Å². The van der Waals surface area contributed by atoms with Gasteiger partial charge in [-0.15, -0.1) is 11.3 Å². The molecule has 7 nitrogen and oxygen atoms in total. The van der Waals surface area contributed by atoms with E-state index < -0.39 is 0 Å². The van der Waals surface area contributed by atoms with Crippen molar-refractivity contribution in [2.45, 2.75) is 64.0 Å². The number of thiazole rings is 1. The van der Waals surface area contributed by atoms with Gasteiger partial charge < -0.3 is 14.8 Å². The molecule has 1 N–H and O–H groups in total. The third-order valence-electron chi connectivity index (χ3n) is 6.50. The van der Waals surface area contributed by atoms with Gasteiger partial charge in [0.25, 0.3) is 5.91 Å². The van der Waals surface area contributed by atoms with Crippen molar-refractivity contribution in [2.75, 3.05) is 13.2 Å². The fraction of sp³-hybridized carbons (Fsp3) is 0.462. The summed E-state index contributed by atoms with van der Waals surface area (Å²) < 4.78 is 11.8. The first-order valence-corrected chi connectivity index (χ1v) is 12.8. The first-order chi connectivity index (χ1) is 16.5. The van der Waals surface area contributed by atoms with Crippen LogP contribution < -0.4 is 10.1 Å². The van der Waals surface area contributed by atoms with Crippen molar-refractivity contribution in [1.29, 1.82) is 0 Å². The highest BCUT2D eigenvalue weighted by Crippen LogP contribution is 2.41. The smallest absolute Gasteiger partial charge is 0.251 e. The zero-order chi connectivity index (χ0) is 23.5. The zero-order valence-electron chi connectivity index (χ0n) is 19.6. The molecule has 1 aliphatic carbocycles. The zero-order valence-corrected chi connectivity index (χ0v) is 20.4. The number of amides is 1. The van der Waals surface area contributed by atoms with Gasteiger partial charge in [-0.1, -0.05) is 6.42 Å². The molecule has 0 radical (unpaired) electrons. The van der Waals surface area contributed by atoms with Gasteiger partial charge in [0.05, 0.1) is 29.7 Å². The van der Waals surface area contributed by atoms with Crippen LogP contribution in [0.2, 0.25) is 0 Å². The van der Waals surface area contributed by atoms with Crippen LogP contribution in [0.4, 0.5) is 0 Å². The second-order valence-electron chi connectivity index (χ2n) is 9.17. The summed E-state index contributed by atoms with van der Waals surface area (Å²) in [7, 11) is 0. The monoisotopic (exact) mass is 478 g/mol. The molecule has 34 heavy (non-hydrogen) atoms. The number of hydrogen-bond donors (Lipinski definition) is 1. The van der Waals surface area contributed by atoms with Gasteiger partial charge in [0.1, 0.15) is 17.4 Å². The SMILES string of the molecule is Cc1cnc(C(C)NC(=O)c2cc(OC[C@@H]3CCCO3)cc(-c3ncc(C4CCC4)s3)c2)cn1. The Morgan fingerprint density at radius 1 is 1.15 bits per heavy atom. The number of aryl methyl sites for hydroxylation is 1. The lowest BCUT2D eigenvalue weighted by Gasteiger charge is -2.23. The standard InChI is InChI=1S/C26H30N4O3S/c1-16-12-28-23(13-27-16)17(2)30-25(31)19-9-20(26-29-14-24(34-26)18-5-3-6-18)11-22(10-19)33-15-21-7-4-8-32-21/h9-14,17-18,21H,3-8,15H2,1-2H3,(H,30,31)/t17?,21-/m0/s1. The Kier molecular flexibility index (Phi) is 6.87. The van der Waals surface area contributed by atoms with Crippen LogP contribution >= 0.6 is 11.3 Å². The Hall–Kier alpha value is -2.84. The van der Waals surface area contributed by atoms with E-state index in [2.05, 4.69) is 20.3 Å². The molecule has 0 bridgehead atoms. The molecule has 2 fully saturated rings. The Balaban J connectivity index is 1.38. The topological polar surface area (TPSA) is 86.2 Å². The second-order valence-corrected chi connectivity index (χ2v) is 10.2. The van der Waals surface area contributed by atoms with Crippen molar-refractivity contribution in [3.8, 4) is 16.3 Å². The number of hydrogen-bond acceptors (Lipinski definition) is 7. The van der Waals surface area contributed by atoms with E-state index in [1.807, 2.05) is 32.2 Å². The molecule has 178 valence electrons. The fourth-order valence-corrected chi connectivity index (χ4v) is 5.26. The van der Waals surface area contributed by atoms with Crippen LogP contribution in [0.25, 0.3) is 10.6 Å². The average Bonchev–Trinajstić information content (AvgIpc) is 3.49. The Labute approximate surface area is 204 Å². The maximum atomic E-state index is 13.2. The van der Waals surface area contributed by atoms with Crippen molar-refractivity contribution < 1.29 is 14.3 Å². The van der Waals surface area contributed by atoms with Crippen molar-refractivity contribution in [3.63, 3.8) is 0 Å². The summed E-state index contributed by atoms with van der Waals surface area (Å²) in [5.41, 5.74) is 2.99. The number of carbonyl (C=O) groups excluding carboxylic acids is 1. The van der Waals surface area contributed by atoms with Gasteiger partial charge in [0, 0.05) is 35.0 Å². The number of benzene rings is 1. The summed E-state index contributed by atoms with van der Waals surface area (Å²) in [6.07, 6.45) is 11.3. The van der Waals surface area contributed by atoms with Crippen molar-refractivity contribution >= 4 is 17.2 Å². The fourth-order valence-electron chi connectivity index (χ4n) is 4.18. The van der Waals surface area contributed by atoms with Gasteiger partial charge in [0.15, 0.2) is 0 Å². The van der Waals surface area contributed by atoms with E-state index in [-0.39, 0.29) is 18.1 Å². The molecule has 5 rings (SSSR count). The highest BCUT2D eigenvalue weighted by atomic mass is 32.1. The first-order valence-electron chi connectivity index (χ1n) is 12.0. The van der Waals surface area contributed by atoms with Gasteiger partial charge in [-0.2, -0.15) is 0 Å². The molecule has 2 aromatic heterocycles. The minimum atomic E-state index is -0.273. The van der Waals surface area contributed by atoms with E-state index in [0.717, 1.165) is 41.4 Å². The van der Waals surface area contributed by atoms with Crippen molar-refractivity contribution in [2.24, 2.45) is 0 Å². The predicted molar refractivity (Wildman–Crippen MR) is 131 cm³/mol. The van der Waals surface area contributed by atoms with E-state index in [1.165, 1.54) is 24.1 Å². The minimum absolute atomic E-state index is 0.103. The largest absolute Gasteiger partial charge is 0.491 e. The van der Waals surface area contributed by atoms with E-state index >= 15 is 0 Å². The number of nitrogens with one attached hydrogen (secondary N) is 1. The molecule has 2 atom stereocenters. The van der Waals surface area contributed by atoms with Crippen LogP contribution in [0.1, 0.15) is 77.6 Å². The molecule has 2 aliphatic rings. The maximum absolute atomic E-state index is 13.2. The Morgan fingerprint density at radius 3 is 2.74 bits per heavy atom. The maximum Gasteiger partial charge on any atom is 0.251 e. The van der Waals surface area contributed by atoms with Crippen LogP contribution in [0, 0.1) is 6.92 Å². The third-order valence-corrected chi connectivity index (χ3v) is 7.71. The van der Waals surface area contributed by atoms with E-state index in [9.17, 15) is 4.79 Å². The highest BCUT2D eigenvalue weighted by Gasteiger charge is 2.23. The minimum Gasteiger partial charge on any atom is -0.491 e. The molecule has 1 saturated carbocycles. The third kappa shape index (κ3) is 5.28. The molecule has 0 spiro atoms. The average molecular weight is 479 g/mol. The summed E-state index contributed by atoms with van der Waals surface area (Å²) in [4.78, 5) is 27.9. The summed E-state index contributed by atoms with van der Waals surface area (Å²) in [5, 5.41) is 3.95. The van der Waals surface area contributed by atoms with E-state index in [0.29, 0.717) is 23.8 Å². The second kappa shape index (κ2) is 10.2. The van der Waals surface area contributed by atoms with Crippen LogP contribution in [0.15, 0.2) is 36.8 Å². The van der Waals surface area contributed by atoms with Gasteiger partial charge in [-0.05, 0) is 63.6 Å². The molecule has 1 unspecified atom stereocenters. The molecule has 8 heteroatoms.